The molecule has 0 saturated heterocycles. The summed E-state index contributed by atoms with van der Waals surface area (Å²) >= 11 is 0. The molecular weight excluding hydrogens is 605 g/mol. The largest absolute Gasteiger partial charge is 0.309 e. The van der Waals surface area contributed by atoms with Crippen LogP contribution in [0.3, 0.4) is 0 Å². The van der Waals surface area contributed by atoms with Gasteiger partial charge in [0.15, 0.2) is 0 Å². The lowest BCUT2D eigenvalue weighted by Crippen LogP contribution is -1.99. The Morgan fingerprint density at radius 3 is 1.58 bits per heavy atom. The molecule has 2 nitrogen and oxygen atoms in total. The summed E-state index contributed by atoms with van der Waals surface area (Å²) in [6.45, 7) is 0. The maximum Gasteiger partial charge on any atom is 0.0619 e. The number of hydrogen-bond donors (Lipinski definition) is 0. The van der Waals surface area contributed by atoms with Gasteiger partial charge in [-0.05, 0) is 64.7 Å². The number of fused-ring (bicyclic) bond motifs is 6. The number of aromatic nitrogens is 2. The van der Waals surface area contributed by atoms with Crippen molar-refractivity contribution in [3.63, 3.8) is 0 Å². The minimum atomic E-state index is 1.16. The van der Waals surface area contributed by atoms with E-state index in [2.05, 4.69) is 203 Å². The van der Waals surface area contributed by atoms with E-state index in [0.717, 1.165) is 11.4 Å². The molecule has 0 bridgehead atoms. The Kier molecular flexibility index (Phi) is 6.53. The summed E-state index contributed by atoms with van der Waals surface area (Å²) in [5.74, 6) is 0. The van der Waals surface area contributed by atoms with Crippen LogP contribution in [0.5, 0.6) is 0 Å². The lowest BCUT2D eigenvalue weighted by Gasteiger charge is -2.18. The molecule has 0 atom stereocenters. The van der Waals surface area contributed by atoms with Crippen LogP contribution in [-0.2, 0) is 0 Å². The Balaban J connectivity index is 1.28. The van der Waals surface area contributed by atoms with Crippen molar-refractivity contribution >= 4 is 43.6 Å². The zero-order valence-corrected chi connectivity index (χ0v) is 27.4. The molecule has 0 saturated carbocycles. The monoisotopic (exact) mass is 636 g/mol. The molecule has 0 amide bonds. The minimum Gasteiger partial charge on any atom is -0.309 e. The smallest absolute Gasteiger partial charge is 0.0619 e. The summed E-state index contributed by atoms with van der Waals surface area (Å²) in [4.78, 5) is 0. The molecule has 0 fully saturated rings. The third kappa shape index (κ3) is 4.43. The van der Waals surface area contributed by atoms with Crippen LogP contribution < -0.4 is 0 Å². The number of para-hydroxylation sites is 4. The van der Waals surface area contributed by atoms with Gasteiger partial charge in [0.2, 0.25) is 0 Å². The van der Waals surface area contributed by atoms with Crippen LogP contribution in [0.1, 0.15) is 0 Å². The molecule has 50 heavy (non-hydrogen) atoms. The van der Waals surface area contributed by atoms with E-state index in [0.29, 0.717) is 0 Å². The van der Waals surface area contributed by atoms with Gasteiger partial charge in [-0.25, -0.2) is 0 Å². The Bertz CT molecular complexity index is 2840. The van der Waals surface area contributed by atoms with Gasteiger partial charge in [-0.15, -0.1) is 0 Å². The van der Waals surface area contributed by atoms with E-state index in [9.17, 15) is 0 Å². The Morgan fingerprint density at radius 2 is 0.840 bits per heavy atom. The van der Waals surface area contributed by atoms with Gasteiger partial charge in [-0.3, -0.25) is 0 Å². The van der Waals surface area contributed by atoms with Crippen molar-refractivity contribution in [2.75, 3.05) is 0 Å². The van der Waals surface area contributed by atoms with Gasteiger partial charge in [-0.1, -0.05) is 152 Å². The van der Waals surface area contributed by atoms with Crippen LogP contribution in [0.4, 0.5) is 0 Å². The minimum absolute atomic E-state index is 1.16. The summed E-state index contributed by atoms with van der Waals surface area (Å²) in [5.41, 5.74) is 14.3. The van der Waals surface area contributed by atoms with Crippen LogP contribution in [0, 0.1) is 0 Å². The number of hydrogen-bond acceptors (Lipinski definition) is 0. The molecule has 2 aromatic heterocycles. The van der Waals surface area contributed by atoms with Gasteiger partial charge < -0.3 is 9.13 Å². The normalized spacial score (nSPS) is 11.6. The third-order valence-electron chi connectivity index (χ3n) is 10.1. The average Bonchev–Trinajstić information content (AvgIpc) is 3.71. The molecule has 8 aromatic carbocycles. The van der Waals surface area contributed by atoms with E-state index in [4.69, 9.17) is 0 Å². The lowest BCUT2D eigenvalue weighted by atomic mass is 9.96. The average molecular weight is 637 g/mol. The number of benzene rings is 8. The van der Waals surface area contributed by atoms with Gasteiger partial charge >= 0.3 is 0 Å². The number of nitrogens with zero attached hydrogens (tertiary/aromatic N) is 2. The van der Waals surface area contributed by atoms with Crippen molar-refractivity contribution in [2.24, 2.45) is 0 Å². The molecule has 10 aromatic rings. The second-order valence-electron chi connectivity index (χ2n) is 12.9. The second-order valence-corrected chi connectivity index (χ2v) is 12.9. The maximum atomic E-state index is 2.49. The fourth-order valence-electron chi connectivity index (χ4n) is 7.89. The first-order valence-electron chi connectivity index (χ1n) is 17.2. The lowest BCUT2D eigenvalue weighted by molar-refractivity contribution is 1.18. The zero-order chi connectivity index (χ0) is 33.0. The first-order chi connectivity index (χ1) is 24.8. The highest BCUT2D eigenvalue weighted by molar-refractivity contribution is 6.15. The summed E-state index contributed by atoms with van der Waals surface area (Å²) in [6.07, 6.45) is 0. The van der Waals surface area contributed by atoms with Crippen molar-refractivity contribution in [3.8, 4) is 44.8 Å². The van der Waals surface area contributed by atoms with Crippen molar-refractivity contribution in [3.05, 3.63) is 194 Å². The Morgan fingerprint density at radius 1 is 0.280 bits per heavy atom. The van der Waals surface area contributed by atoms with Gasteiger partial charge in [0.05, 0.1) is 27.8 Å². The zero-order valence-electron chi connectivity index (χ0n) is 27.4. The highest BCUT2D eigenvalue weighted by Crippen LogP contribution is 2.43. The molecule has 2 heterocycles. The van der Waals surface area contributed by atoms with E-state index >= 15 is 0 Å². The Labute approximate surface area is 290 Å². The second kappa shape index (κ2) is 11.5. The molecule has 0 aliphatic carbocycles. The van der Waals surface area contributed by atoms with E-state index in [-0.39, 0.29) is 0 Å². The topological polar surface area (TPSA) is 9.86 Å². The molecule has 0 aliphatic heterocycles. The summed E-state index contributed by atoms with van der Waals surface area (Å²) in [5, 5.41) is 5.00. The summed E-state index contributed by atoms with van der Waals surface area (Å²) in [6, 6.07) is 70.4. The third-order valence-corrected chi connectivity index (χ3v) is 10.1. The number of rotatable bonds is 5. The van der Waals surface area contributed by atoms with E-state index < -0.39 is 0 Å². The van der Waals surface area contributed by atoms with Gasteiger partial charge in [0, 0.05) is 38.4 Å². The first kappa shape index (κ1) is 28.4. The van der Waals surface area contributed by atoms with Crippen molar-refractivity contribution < 1.29 is 0 Å². The molecule has 0 N–H and O–H groups in total. The predicted octanol–water partition coefficient (Wildman–Crippen LogP) is 12.9. The fraction of sp³-hybridized carbons (Fsp3) is 0. The van der Waals surface area contributed by atoms with Crippen molar-refractivity contribution in [2.45, 2.75) is 0 Å². The predicted molar refractivity (Wildman–Crippen MR) is 211 cm³/mol. The molecule has 0 radical (unpaired) electrons. The molecule has 234 valence electrons. The van der Waals surface area contributed by atoms with Crippen molar-refractivity contribution in [1.29, 1.82) is 0 Å². The first-order valence-corrected chi connectivity index (χ1v) is 17.2. The fourth-order valence-corrected chi connectivity index (χ4v) is 7.89. The molecule has 2 heteroatoms. The molecule has 0 unspecified atom stereocenters. The highest BCUT2D eigenvalue weighted by Gasteiger charge is 2.20. The van der Waals surface area contributed by atoms with Crippen LogP contribution >= 0.6 is 0 Å². The van der Waals surface area contributed by atoms with Crippen LogP contribution in [0.2, 0.25) is 0 Å². The van der Waals surface area contributed by atoms with Crippen LogP contribution in [-0.4, -0.2) is 9.13 Å². The van der Waals surface area contributed by atoms with Crippen LogP contribution in [0.15, 0.2) is 194 Å². The summed E-state index contributed by atoms with van der Waals surface area (Å²) < 4.78 is 4.90. The quantitative estimate of drug-likeness (QED) is 0.178. The van der Waals surface area contributed by atoms with E-state index in [1.54, 1.807) is 0 Å². The van der Waals surface area contributed by atoms with E-state index in [1.165, 1.54) is 77.0 Å². The van der Waals surface area contributed by atoms with E-state index in [1.807, 2.05) is 0 Å². The van der Waals surface area contributed by atoms with Gasteiger partial charge in [0.1, 0.15) is 0 Å². The standard InChI is InChI=1S/C48H32N2/c1-4-15-33(16-5-1)35-28-30-46(43(31-35)34-17-6-2-7-18-34)50-45-26-13-11-22-40(45)42-24-14-23-38(48(42)50)36-27-29-41-39-21-10-12-25-44(39)49(47(41)32-36)37-19-8-3-9-20-37/h1-32H. The molecular formula is C48H32N2. The Hall–Kier alpha value is -6.64. The van der Waals surface area contributed by atoms with Crippen LogP contribution in [0.25, 0.3) is 88.4 Å². The maximum absolute atomic E-state index is 2.49. The van der Waals surface area contributed by atoms with Crippen molar-refractivity contribution in [1.82, 2.24) is 9.13 Å². The molecule has 0 spiro atoms. The summed E-state index contributed by atoms with van der Waals surface area (Å²) in [7, 11) is 0. The molecule has 10 rings (SSSR count). The highest BCUT2D eigenvalue weighted by atomic mass is 15.0. The molecule has 0 aliphatic rings. The SMILES string of the molecule is c1ccc(-c2ccc(-n3c4ccccc4c4cccc(-c5ccc6c7ccccc7n(-c7ccccc7)c6c5)c43)c(-c3ccccc3)c2)cc1. The van der Waals surface area contributed by atoms with Gasteiger partial charge in [0.25, 0.3) is 0 Å². The van der Waals surface area contributed by atoms with Gasteiger partial charge in [-0.2, -0.15) is 0 Å².